The first-order chi connectivity index (χ1) is 31.6. The van der Waals surface area contributed by atoms with E-state index < -0.39 is 6.10 Å². The molecule has 0 rings (SSSR count). The standard InChI is InChI=1S/C59H104O5/c1-4-7-10-13-16-19-22-24-26-28-30-31-33-35-38-40-43-46-49-52-58(60)63-56-57(64-59(61)53-50-47-44-41-37-21-18-15-12-9-6-3)55-62-54-51-48-45-42-39-36-34-32-29-27-25-23-20-17-14-11-8-5-2/h8,11,15,17-18,20,24-27,32,34,57H,4-7,9-10,12-14,16,19,21-23,28-31,33,35-56H2,1-3H3/b11-8-,18-15-,20-17-,26-24-,27-25-,34-32-. The molecule has 1 atom stereocenters. The molecular formula is C59H104O5. The molecule has 370 valence electrons. The van der Waals surface area contributed by atoms with Gasteiger partial charge in [-0.3, -0.25) is 9.59 Å². The predicted molar refractivity (Wildman–Crippen MR) is 279 cm³/mol. The van der Waals surface area contributed by atoms with Crippen LogP contribution in [-0.2, 0) is 23.8 Å². The summed E-state index contributed by atoms with van der Waals surface area (Å²) in [4.78, 5) is 25.4. The summed E-state index contributed by atoms with van der Waals surface area (Å²) in [5, 5.41) is 0. The van der Waals surface area contributed by atoms with E-state index in [1.54, 1.807) is 0 Å². The van der Waals surface area contributed by atoms with E-state index in [0.717, 1.165) is 83.5 Å². The maximum atomic E-state index is 12.8. The molecule has 1 unspecified atom stereocenters. The van der Waals surface area contributed by atoms with Crippen molar-refractivity contribution >= 4 is 11.9 Å². The molecule has 0 heterocycles. The smallest absolute Gasteiger partial charge is 0.306 e. The highest BCUT2D eigenvalue weighted by Crippen LogP contribution is 2.14. The van der Waals surface area contributed by atoms with Gasteiger partial charge in [0.2, 0.25) is 0 Å². The van der Waals surface area contributed by atoms with Crippen LogP contribution in [0.2, 0.25) is 0 Å². The van der Waals surface area contributed by atoms with Crippen LogP contribution in [-0.4, -0.2) is 37.9 Å². The van der Waals surface area contributed by atoms with Gasteiger partial charge in [0.05, 0.1) is 6.61 Å². The molecule has 0 aliphatic rings. The Morgan fingerprint density at radius 1 is 0.359 bits per heavy atom. The van der Waals surface area contributed by atoms with E-state index in [1.165, 1.54) is 148 Å². The Kier molecular flexibility index (Phi) is 52.4. The maximum Gasteiger partial charge on any atom is 0.306 e. The fraction of sp³-hybridized carbons (Fsp3) is 0.763. The summed E-state index contributed by atoms with van der Waals surface area (Å²) in [6.07, 6.45) is 70.6. The SMILES string of the molecule is CC/C=C\C/C=C\C/C=C\C/C=C\CCCCCCCOCC(COC(=O)CCCCCCCCCCC/C=C\CCCCCCCC)OC(=O)CCCCCCC/C=C\CCCC. The van der Waals surface area contributed by atoms with Gasteiger partial charge < -0.3 is 14.2 Å². The second-order valence-electron chi connectivity index (χ2n) is 18.1. The van der Waals surface area contributed by atoms with Gasteiger partial charge >= 0.3 is 11.9 Å². The largest absolute Gasteiger partial charge is 0.462 e. The number of rotatable bonds is 50. The summed E-state index contributed by atoms with van der Waals surface area (Å²) < 4.78 is 17.4. The Bertz CT molecular complexity index is 1150. The third-order valence-corrected chi connectivity index (χ3v) is 11.7. The van der Waals surface area contributed by atoms with E-state index in [1.807, 2.05) is 0 Å². The Morgan fingerprint density at radius 2 is 0.719 bits per heavy atom. The summed E-state index contributed by atoms with van der Waals surface area (Å²) >= 11 is 0. The van der Waals surface area contributed by atoms with Crippen molar-refractivity contribution in [3.63, 3.8) is 0 Å². The van der Waals surface area contributed by atoms with Crippen molar-refractivity contribution in [1.82, 2.24) is 0 Å². The lowest BCUT2D eigenvalue weighted by molar-refractivity contribution is -0.163. The lowest BCUT2D eigenvalue weighted by Crippen LogP contribution is -2.30. The number of hydrogen-bond donors (Lipinski definition) is 0. The zero-order valence-electron chi connectivity index (χ0n) is 42.5. The van der Waals surface area contributed by atoms with E-state index in [2.05, 4.69) is 93.7 Å². The fourth-order valence-corrected chi connectivity index (χ4v) is 7.59. The van der Waals surface area contributed by atoms with Crippen molar-refractivity contribution in [1.29, 1.82) is 0 Å². The summed E-state index contributed by atoms with van der Waals surface area (Å²) in [6, 6.07) is 0. The fourth-order valence-electron chi connectivity index (χ4n) is 7.59. The van der Waals surface area contributed by atoms with Gasteiger partial charge in [-0.05, 0) is 103 Å². The Balaban J connectivity index is 4.25. The van der Waals surface area contributed by atoms with Crippen LogP contribution in [0, 0.1) is 0 Å². The molecule has 5 heteroatoms. The van der Waals surface area contributed by atoms with Crippen LogP contribution >= 0.6 is 0 Å². The first kappa shape index (κ1) is 61.3. The molecular weight excluding hydrogens is 789 g/mol. The second kappa shape index (κ2) is 54.7. The number of carbonyl (C=O) groups excluding carboxylic acids is 2. The number of ether oxygens (including phenoxy) is 3. The van der Waals surface area contributed by atoms with E-state index >= 15 is 0 Å². The van der Waals surface area contributed by atoms with Crippen LogP contribution in [0.3, 0.4) is 0 Å². The summed E-state index contributed by atoms with van der Waals surface area (Å²) in [7, 11) is 0. The molecule has 0 bridgehead atoms. The van der Waals surface area contributed by atoms with Crippen molar-refractivity contribution < 1.29 is 23.8 Å². The van der Waals surface area contributed by atoms with Crippen LogP contribution in [0.4, 0.5) is 0 Å². The number of hydrogen-bond acceptors (Lipinski definition) is 5. The van der Waals surface area contributed by atoms with Crippen LogP contribution in [0.1, 0.15) is 265 Å². The number of carbonyl (C=O) groups is 2. The minimum absolute atomic E-state index is 0.0720. The van der Waals surface area contributed by atoms with Crippen molar-refractivity contribution in [2.75, 3.05) is 19.8 Å². The number of esters is 2. The van der Waals surface area contributed by atoms with Crippen molar-refractivity contribution in [3.8, 4) is 0 Å². The lowest BCUT2D eigenvalue weighted by Gasteiger charge is -2.18. The summed E-state index contributed by atoms with van der Waals surface area (Å²) in [5.41, 5.74) is 0. The van der Waals surface area contributed by atoms with E-state index in [0.29, 0.717) is 19.4 Å². The predicted octanol–water partition coefficient (Wildman–Crippen LogP) is 18.7. The van der Waals surface area contributed by atoms with Gasteiger partial charge in [-0.2, -0.15) is 0 Å². The van der Waals surface area contributed by atoms with E-state index in [4.69, 9.17) is 14.2 Å². The zero-order chi connectivity index (χ0) is 46.3. The molecule has 5 nitrogen and oxygen atoms in total. The van der Waals surface area contributed by atoms with Crippen LogP contribution in [0.25, 0.3) is 0 Å². The normalized spacial score (nSPS) is 12.7. The average Bonchev–Trinajstić information content (AvgIpc) is 3.30. The highest BCUT2D eigenvalue weighted by Gasteiger charge is 2.17. The minimum atomic E-state index is -0.553. The molecule has 0 N–H and O–H groups in total. The summed E-state index contributed by atoms with van der Waals surface area (Å²) in [6.45, 7) is 7.64. The van der Waals surface area contributed by atoms with E-state index in [-0.39, 0.29) is 25.2 Å². The number of unbranched alkanes of at least 4 members (excludes halogenated alkanes) is 27. The molecule has 0 aliphatic heterocycles. The molecule has 64 heavy (non-hydrogen) atoms. The molecule has 0 saturated carbocycles. The Hall–Kier alpha value is -2.66. The van der Waals surface area contributed by atoms with Crippen LogP contribution < -0.4 is 0 Å². The first-order valence-electron chi connectivity index (χ1n) is 27.5. The molecule has 0 aromatic heterocycles. The molecule has 0 radical (unpaired) electrons. The molecule has 0 saturated heterocycles. The topological polar surface area (TPSA) is 61.8 Å². The van der Waals surface area contributed by atoms with Gasteiger partial charge in [-0.15, -0.1) is 0 Å². The molecule has 0 aliphatic carbocycles. The number of allylic oxidation sites excluding steroid dienone is 12. The molecule has 0 amide bonds. The monoisotopic (exact) mass is 893 g/mol. The van der Waals surface area contributed by atoms with Crippen molar-refractivity contribution in [3.05, 3.63) is 72.9 Å². The van der Waals surface area contributed by atoms with Gasteiger partial charge in [0.25, 0.3) is 0 Å². The first-order valence-corrected chi connectivity index (χ1v) is 27.5. The third kappa shape index (κ3) is 52.0. The molecule has 0 spiro atoms. The quantitative estimate of drug-likeness (QED) is 0.0346. The molecule has 0 aromatic rings. The Morgan fingerprint density at radius 3 is 1.19 bits per heavy atom. The van der Waals surface area contributed by atoms with Crippen LogP contribution in [0.15, 0.2) is 72.9 Å². The second-order valence-corrected chi connectivity index (χ2v) is 18.1. The van der Waals surface area contributed by atoms with Gasteiger partial charge in [0.15, 0.2) is 6.10 Å². The Labute approximate surface area is 397 Å². The highest BCUT2D eigenvalue weighted by molar-refractivity contribution is 5.70. The van der Waals surface area contributed by atoms with Gasteiger partial charge in [0.1, 0.15) is 6.61 Å². The van der Waals surface area contributed by atoms with Gasteiger partial charge in [-0.25, -0.2) is 0 Å². The maximum absolute atomic E-state index is 12.8. The van der Waals surface area contributed by atoms with E-state index in [9.17, 15) is 9.59 Å². The van der Waals surface area contributed by atoms with Gasteiger partial charge in [0, 0.05) is 19.4 Å². The minimum Gasteiger partial charge on any atom is -0.462 e. The van der Waals surface area contributed by atoms with Crippen LogP contribution in [0.5, 0.6) is 0 Å². The van der Waals surface area contributed by atoms with Gasteiger partial charge in [-0.1, -0.05) is 222 Å². The van der Waals surface area contributed by atoms with Crippen molar-refractivity contribution in [2.24, 2.45) is 0 Å². The lowest BCUT2D eigenvalue weighted by atomic mass is 10.1. The molecule has 0 fully saturated rings. The highest BCUT2D eigenvalue weighted by atomic mass is 16.6. The van der Waals surface area contributed by atoms with Crippen molar-refractivity contribution in [2.45, 2.75) is 271 Å². The average molecular weight is 893 g/mol. The summed E-state index contributed by atoms with van der Waals surface area (Å²) in [5.74, 6) is -0.417. The zero-order valence-corrected chi connectivity index (χ0v) is 42.5. The third-order valence-electron chi connectivity index (χ3n) is 11.7. The molecule has 0 aromatic carbocycles.